The average molecular weight is 474 g/mol. The first-order valence-electron chi connectivity index (χ1n) is 12.8. The van der Waals surface area contributed by atoms with Crippen LogP contribution in [0, 0.1) is 11.8 Å². The fourth-order valence-electron chi connectivity index (χ4n) is 5.91. The zero-order chi connectivity index (χ0) is 24.2. The van der Waals surface area contributed by atoms with Gasteiger partial charge in [0.1, 0.15) is 5.75 Å². The molecule has 2 atom stereocenters. The van der Waals surface area contributed by atoms with Crippen molar-refractivity contribution >= 4 is 16.7 Å². The number of hydrogen-bond acceptors (Lipinski definition) is 3. The number of piperidine rings is 1. The summed E-state index contributed by atoms with van der Waals surface area (Å²) in [6, 6.07) is 9.59. The Morgan fingerprint density at radius 2 is 1.91 bits per heavy atom. The number of halogens is 2. The van der Waals surface area contributed by atoms with E-state index in [0.29, 0.717) is 17.1 Å². The van der Waals surface area contributed by atoms with Gasteiger partial charge in [-0.05, 0) is 91.8 Å². The van der Waals surface area contributed by atoms with Crippen molar-refractivity contribution in [2.45, 2.75) is 83.8 Å². The first-order chi connectivity index (χ1) is 16.4. The molecule has 186 valence electrons. The van der Waals surface area contributed by atoms with E-state index in [2.05, 4.69) is 18.7 Å². The lowest BCUT2D eigenvalue weighted by atomic mass is 9.89. The van der Waals surface area contributed by atoms with Gasteiger partial charge in [-0.2, -0.15) is 0 Å². The molecule has 1 aliphatic heterocycles. The summed E-state index contributed by atoms with van der Waals surface area (Å²) in [5.74, 6) is 0.407. The van der Waals surface area contributed by atoms with E-state index in [1.807, 2.05) is 24.3 Å². The van der Waals surface area contributed by atoms with Crippen molar-refractivity contribution in [3.05, 3.63) is 41.5 Å². The standard InChI is InChI=1S/C28H37F2NO3/c1-3-24(31-14-4-5-19(17-31)15-26(32)33)21-8-12-23-20(16-21)9-13-25(27(23)28(29)30)34-22-10-6-18(2)7-11-22/h8-9,12-13,16,18-19,22,24,28H,3-7,10-11,14-15,17H2,1-2H3,(H,32,33). The smallest absolute Gasteiger partial charge is 0.303 e. The van der Waals surface area contributed by atoms with Crippen molar-refractivity contribution in [1.82, 2.24) is 4.90 Å². The predicted molar refractivity (Wildman–Crippen MR) is 131 cm³/mol. The minimum Gasteiger partial charge on any atom is -0.490 e. The summed E-state index contributed by atoms with van der Waals surface area (Å²) < 4.78 is 34.5. The van der Waals surface area contributed by atoms with Crippen LogP contribution in [0.4, 0.5) is 8.78 Å². The second-order valence-electron chi connectivity index (χ2n) is 10.3. The van der Waals surface area contributed by atoms with Crippen molar-refractivity contribution in [1.29, 1.82) is 0 Å². The van der Waals surface area contributed by atoms with Crippen molar-refractivity contribution in [3.8, 4) is 5.75 Å². The number of carboxylic acid groups (broad SMARTS) is 1. The normalized spacial score (nSPS) is 24.9. The highest BCUT2D eigenvalue weighted by Crippen LogP contribution is 2.40. The highest BCUT2D eigenvalue weighted by Gasteiger charge is 2.28. The molecule has 2 aliphatic rings. The van der Waals surface area contributed by atoms with Gasteiger partial charge >= 0.3 is 5.97 Å². The number of hydrogen-bond donors (Lipinski definition) is 1. The largest absolute Gasteiger partial charge is 0.490 e. The molecule has 1 heterocycles. The summed E-state index contributed by atoms with van der Waals surface area (Å²) in [6.07, 6.45) is 4.40. The number of fused-ring (bicyclic) bond motifs is 1. The Kier molecular flexibility index (Phi) is 8.07. The quantitative estimate of drug-likeness (QED) is 0.435. The maximum absolute atomic E-state index is 14.2. The molecule has 1 N–H and O–H groups in total. The zero-order valence-electron chi connectivity index (χ0n) is 20.3. The Balaban J connectivity index is 1.58. The minimum atomic E-state index is -2.60. The molecule has 2 fully saturated rings. The summed E-state index contributed by atoms with van der Waals surface area (Å²) in [7, 11) is 0. The fraction of sp³-hybridized carbons (Fsp3) is 0.607. The number of alkyl halides is 2. The van der Waals surface area contributed by atoms with Crippen LogP contribution in [0.2, 0.25) is 0 Å². The molecule has 34 heavy (non-hydrogen) atoms. The monoisotopic (exact) mass is 473 g/mol. The number of rotatable bonds is 8. The molecule has 4 rings (SSSR count). The van der Waals surface area contributed by atoms with E-state index >= 15 is 0 Å². The van der Waals surface area contributed by atoms with Crippen LogP contribution in [-0.4, -0.2) is 35.2 Å². The first kappa shape index (κ1) is 24.9. The van der Waals surface area contributed by atoms with E-state index in [-0.39, 0.29) is 30.0 Å². The molecule has 0 spiro atoms. The Morgan fingerprint density at radius 3 is 2.59 bits per heavy atom. The number of benzene rings is 2. The summed E-state index contributed by atoms with van der Waals surface area (Å²) in [6.45, 7) is 6.05. The molecule has 1 saturated carbocycles. The van der Waals surface area contributed by atoms with Gasteiger partial charge in [0.2, 0.25) is 0 Å². The lowest BCUT2D eigenvalue weighted by Gasteiger charge is -2.38. The summed E-state index contributed by atoms with van der Waals surface area (Å²) in [4.78, 5) is 13.6. The Bertz CT molecular complexity index is 987. The van der Waals surface area contributed by atoms with Crippen molar-refractivity contribution in [3.63, 3.8) is 0 Å². The molecule has 2 aromatic rings. The van der Waals surface area contributed by atoms with E-state index in [9.17, 15) is 18.7 Å². The van der Waals surface area contributed by atoms with Gasteiger partial charge in [-0.25, -0.2) is 8.78 Å². The van der Waals surface area contributed by atoms with E-state index in [1.54, 1.807) is 6.07 Å². The highest BCUT2D eigenvalue weighted by molar-refractivity contribution is 5.88. The molecule has 0 amide bonds. The predicted octanol–water partition coefficient (Wildman–Crippen LogP) is 7.37. The number of aliphatic carboxylic acids is 1. The first-order valence-corrected chi connectivity index (χ1v) is 12.8. The zero-order valence-corrected chi connectivity index (χ0v) is 20.3. The van der Waals surface area contributed by atoms with Crippen LogP contribution in [0.25, 0.3) is 10.8 Å². The van der Waals surface area contributed by atoms with Crippen molar-refractivity contribution in [2.24, 2.45) is 11.8 Å². The lowest BCUT2D eigenvalue weighted by molar-refractivity contribution is -0.138. The molecule has 0 radical (unpaired) electrons. The van der Waals surface area contributed by atoms with Gasteiger partial charge in [-0.1, -0.05) is 32.0 Å². The van der Waals surface area contributed by atoms with Crippen LogP contribution in [0.3, 0.4) is 0 Å². The third-order valence-corrected chi connectivity index (χ3v) is 7.75. The van der Waals surface area contributed by atoms with Crippen molar-refractivity contribution in [2.75, 3.05) is 13.1 Å². The van der Waals surface area contributed by atoms with E-state index < -0.39 is 12.4 Å². The molecule has 0 aromatic heterocycles. The number of ether oxygens (including phenoxy) is 1. The van der Waals surface area contributed by atoms with Gasteiger partial charge in [-0.3, -0.25) is 9.69 Å². The Hall–Kier alpha value is -2.21. The molecular weight excluding hydrogens is 436 g/mol. The van der Waals surface area contributed by atoms with Gasteiger partial charge in [0.15, 0.2) is 0 Å². The number of carboxylic acids is 1. The summed E-state index contributed by atoms with van der Waals surface area (Å²) in [5, 5.41) is 10.6. The van der Waals surface area contributed by atoms with Crippen LogP contribution in [-0.2, 0) is 4.79 Å². The molecule has 1 saturated heterocycles. The lowest BCUT2D eigenvalue weighted by Crippen LogP contribution is -2.38. The average Bonchev–Trinajstić information content (AvgIpc) is 2.80. The SMILES string of the molecule is CCC(c1ccc2c(C(F)F)c(OC3CCC(C)CC3)ccc2c1)N1CCCC(CC(=O)O)C1. The molecule has 0 bridgehead atoms. The molecular formula is C28H37F2NO3. The maximum Gasteiger partial charge on any atom is 0.303 e. The van der Waals surface area contributed by atoms with Crippen LogP contribution in [0.15, 0.2) is 30.3 Å². The molecule has 6 heteroatoms. The number of nitrogens with zero attached hydrogens (tertiary/aromatic N) is 1. The van der Waals surface area contributed by atoms with Gasteiger partial charge in [0.25, 0.3) is 6.43 Å². The van der Waals surface area contributed by atoms with E-state index in [4.69, 9.17) is 4.74 Å². The Labute approximate surface area is 201 Å². The van der Waals surface area contributed by atoms with E-state index in [1.165, 1.54) is 0 Å². The van der Waals surface area contributed by atoms with Crippen LogP contribution in [0.1, 0.15) is 88.8 Å². The number of carbonyl (C=O) groups is 1. The summed E-state index contributed by atoms with van der Waals surface area (Å²) >= 11 is 0. The topological polar surface area (TPSA) is 49.8 Å². The van der Waals surface area contributed by atoms with Gasteiger partial charge in [0, 0.05) is 19.0 Å². The number of likely N-dealkylation sites (tertiary alicyclic amines) is 1. The third-order valence-electron chi connectivity index (χ3n) is 7.75. The van der Waals surface area contributed by atoms with Gasteiger partial charge < -0.3 is 9.84 Å². The molecule has 2 aromatic carbocycles. The highest BCUT2D eigenvalue weighted by atomic mass is 19.3. The molecule has 1 aliphatic carbocycles. The second-order valence-corrected chi connectivity index (χ2v) is 10.3. The fourth-order valence-corrected chi connectivity index (χ4v) is 5.91. The maximum atomic E-state index is 14.2. The van der Waals surface area contributed by atoms with Crippen molar-refractivity contribution < 1.29 is 23.4 Å². The van der Waals surface area contributed by atoms with E-state index in [0.717, 1.165) is 69.0 Å². The minimum absolute atomic E-state index is 0.00443. The Morgan fingerprint density at radius 1 is 1.15 bits per heavy atom. The molecule has 4 nitrogen and oxygen atoms in total. The van der Waals surface area contributed by atoms with Gasteiger partial charge in [0.05, 0.1) is 11.7 Å². The van der Waals surface area contributed by atoms with Crippen LogP contribution in [0.5, 0.6) is 5.75 Å². The van der Waals surface area contributed by atoms with Crippen LogP contribution >= 0.6 is 0 Å². The van der Waals surface area contributed by atoms with Gasteiger partial charge in [-0.15, -0.1) is 0 Å². The second kappa shape index (κ2) is 11.0. The summed E-state index contributed by atoms with van der Waals surface area (Å²) in [5.41, 5.74) is 1.09. The molecule has 2 unspecified atom stereocenters. The van der Waals surface area contributed by atoms with Crippen LogP contribution < -0.4 is 4.74 Å². The third kappa shape index (κ3) is 5.70.